The van der Waals surface area contributed by atoms with Crippen molar-refractivity contribution in [3.63, 3.8) is 0 Å². The molecule has 1 unspecified atom stereocenters. The number of hydrogen-bond donors (Lipinski definition) is 0. The zero-order valence-electron chi connectivity index (χ0n) is 7.40. The minimum Gasteiger partial charge on any atom is -0.270 e. The van der Waals surface area contributed by atoms with E-state index in [9.17, 15) is 0 Å². The Morgan fingerprint density at radius 2 is 1.92 bits per heavy atom. The molecule has 0 saturated carbocycles. The first-order valence-corrected chi connectivity index (χ1v) is 4.29. The van der Waals surface area contributed by atoms with Gasteiger partial charge >= 0.3 is 0 Å². The molecule has 1 heterocycles. The van der Waals surface area contributed by atoms with E-state index in [1.54, 1.807) is 0 Å². The van der Waals surface area contributed by atoms with Gasteiger partial charge in [-0.25, -0.2) is 0 Å². The number of benzene rings is 1. The van der Waals surface area contributed by atoms with Crippen molar-refractivity contribution in [2.45, 2.75) is 26.1 Å². The summed E-state index contributed by atoms with van der Waals surface area (Å²) in [5, 5.41) is 2.00. The second kappa shape index (κ2) is 2.88. The van der Waals surface area contributed by atoms with E-state index < -0.39 is 0 Å². The van der Waals surface area contributed by atoms with E-state index in [0.29, 0.717) is 6.04 Å². The number of nitrogens with zero attached hydrogens (tertiary/aromatic N) is 1. The molecule has 0 radical (unpaired) electrons. The van der Waals surface area contributed by atoms with Gasteiger partial charge in [-0.15, -0.1) is 5.06 Å². The van der Waals surface area contributed by atoms with Crippen molar-refractivity contribution < 1.29 is 4.84 Å². The first-order chi connectivity index (χ1) is 5.79. The van der Waals surface area contributed by atoms with Gasteiger partial charge in [-0.2, -0.15) is 0 Å². The normalized spacial score (nSPS) is 27.6. The van der Waals surface area contributed by atoms with Gasteiger partial charge in [0.2, 0.25) is 0 Å². The van der Waals surface area contributed by atoms with Crippen LogP contribution in [-0.4, -0.2) is 11.1 Å². The number of hydroxylamine groups is 2. The van der Waals surface area contributed by atoms with E-state index in [1.807, 2.05) is 23.3 Å². The third-order valence-electron chi connectivity index (χ3n) is 2.00. The van der Waals surface area contributed by atoms with Crippen LogP contribution in [0.3, 0.4) is 0 Å². The van der Waals surface area contributed by atoms with Gasteiger partial charge in [0, 0.05) is 6.04 Å². The summed E-state index contributed by atoms with van der Waals surface area (Å²) < 4.78 is 0. The fourth-order valence-electron chi connectivity index (χ4n) is 1.31. The Kier molecular flexibility index (Phi) is 1.87. The third-order valence-corrected chi connectivity index (χ3v) is 2.00. The lowest BCUT2D eigenvalue weighted by molar-refractivity contribution is 0.164. The molecule has 0 aromatic heterocycles. The summed E-state index contributed by atoms with van der Waals surface area (Å²) in [7, 11) is 0. The van der Waals surface area contributed by atoms with Crippen molar-refractivity contribution in [3.05, 3.63) is 35.9 Å². The van der Waals surface area contributed by atoms with E-state index in [1.165, 1.54) is 5.56 Å². The van der Waals surface area contributed by atoms with E-state index in [0.717, 1.165) is 0 Å². The summed E-state index contributed by atoms with van der Waals surface area (Å²) in [5.74, 6) is 0. The molecule has 64 valence electrons. The SMILES string of the molecule is CC(C)N1O[C@H]1c1ccccc1. The lowest BCUT2D eigenvalue weighted by Crippen LogP contribution is -2.08. The Labute approximate surface area is 72.7 Å². The molecule has 0 amide bonds. The lowest BCUT2D eigenvalue weighted by Gasteiger charge is -2.00. The van der Waals surface area contributed by atoms with Crippen LogP contribution in [0.15, 0.2) is 30.3 Å². The van der Waals surface area contributed by atoms with E-state index in [2.05, 4.69) is 26.0 Å². The highest BCUT2D eigenvalue weighted by atomic mass is 16.8. The summed E-state index contributed by atoms with van der Waals surface area (Å²) in [6, 6.07) is 10.7. The largest absolute Gasteiger partial charge is 0.270 e. The zero-order chi connectivity index (χ0) is 8.55. The van der Waals surface area contributed by atoms with Gasteiger partial charge in [-0.1, -0.05) is 30.3 Å². The van der Waals surface area contributed by atoms with Crippen molar-refractivity contribution in [2.75, 3.05) is 0 Å². The summed E-state index contributed by atoms with van der Waals surface area (Å²) >= 11 is 0. The van der Waals surface area contributed by atoms with Gasteiger partial charge < -0.3 is 0 Å². The molecule has 0 N–H and O–H groups in total. The molecule has 1 saturated heterocycles. The predicted octanol–water partition coefficient (Wildman–Crippen LogP) is 2.34. The van der Waals surface area contributed by atoms with Gasteiger partial charge in [0.15, 0.2) is 6.23 Å². The Bertz CT molecular complexity index is 258. The highest BCUT2D eigenvalue weighted by molar-refractivity contribution is 5.18. The van der Waals surface area contributed by atoms with Crippen LogP contribution in [0.5, 0.6) is 0 Å². The first kappa shape index (κ1) is 7.77. The number of hydrogen-bond acceptors (Lipinski definition) is 2. The Balaban J connectivity index is 2.06. The monoisotopic (exact) mass is 163 g/mol. The van der Waals surface area contributed by atoms with Crippen molar-refractivity contribution >= 4 is 0 Å². The maximum Gasteiger partial charge on any atom is 0.180 e. The maximum absolute atomic E-state index is 5.40. The fourth-order valence-corrected chi connectivity index (χ4v) is 1.31. The lowest BCUT2D eigenvalue weighted by atomic mass is 10.2. The van der Waals surface area contributed by atoms with Crippen LogP contribution in [0.25, 0.3) is 0 Å². The molecule has 2 atom stereocenters. The predicted molar refractivity (Wildman–Crippen MR) is 47.2 cm³/mol. The van der Waals surface area contributed by atoms with E-state index in [-0.39, 0.29) is 6.23 Å². The standard InChI is InChI=1S/C10H13NO/c1-8(2)11-10(12-11)9-6-4-3-5-7-9/h3-8,10H,1-2H3/t10-,11?/m0/s1. The Morgan fingerprint density at radius 1 is 1.25 bits per heavy atom. The highest BCUT2D eigenvalue weighted by Gasteiger charge is 2.39. The summed E-state index contributed by atoms with van der Waals surface area (Å²) in [5.41, 5.74) is 1.24. The van der Waals surface area contributed by atoms with E-state index in [4.69, 9.17) is 4.84 Å². The Morgan fingerprint density at radius 3 is 2.42 bits per heavy atom. The molecule has 2 heteroatoms. The molecule has 12 heavy (non-hydrogen) atoms. The van der Waals surface area contributed by atoms with Gasteiger partial charge in [-0.3, -0.25) is 4.84 Å². The molecule has 1 aliphatic rings. The van der Waals surface area contributed by atoms with Gasteiger partial charge in [0.05, 0.1) is 0 Å². The third kappa shape index (κ3) is 1.36. The first-order valence-electron chi connectivity index (χ1n) is 4.29. The zero-order valence-corrected chi connectivity index (χ0v) is 7.40. The molecule has 2 rings (SSSR count). The molecule has 1 aromatic carbocycles. The topological polar surface area (TPSA) is 15.5 Å². The van der Waals surface area contributed by atoms with Crippen LogP contribution >= 0.6 is 0 Å². The molecule has 2 nitrogen and oxygen atoms in total. The average molecular weight is 163 g/mol. The van der Waals surface area contributed by atoms with E-state index >= 15 is 0 Å². The minimum atomic E-state index is 0.200. The maximum atomic E-state index is 5.40. The molecular formula is C10H13NO. The molecular weight excluding hydrogens is 150 g/mol. The van der Waals surface area contributed by atoms with Gasteiger partial charge in [0.25, 0.3) is 0 Å². The van der Waals surface area contributed by atoms with Crippen molar-refractivity contribution in [3.8, 4) is 0 Å². The quantitative estimate of drug-likeness (QED) is 0.622. The second-order valence-electron chi connectivity index (χ2n) is 3.32. The fraction of sp³-hybridized carbons (Fsp3) is 0.400. The Hall–Kier alpha value is -0.860. The van der Waals surface area contributed by atoms with Crippen LogP contribution < -0.4 is 0 Å². The summed E-state index contributed by atoms with van der Waals surface area (Å²) in [6.45, 7) is 4.26. The second-order valence-corrected chi connectivity index (χ2v) is 3.32. The van der Waals surface area contributed by atoms with Crippen LogP contribution in [-0.2, 0) is 4.84 Å². The van der Waals surface area contributed by atoms with Crippen LogP contribution in [0.4, 0.5) is 0 Å². The van der Waals surface area contributed by atoms with Crippen molar-refractivity contribution in [1.82, 2.24) is 5.06 Å². The van der Waals surface area contributed by atoms with Crippen LogP contribution in [0, 0.1) is 0 Å². The molecule has 0 spiro atoms. The molecule has 0 bridgehead atoms. The molecule has 1 aromatic rings. The van der Waals surface area contributed by atoms with Gasteiger partial charge in [0.1, 0.15) is 0 Å². The van der Waals surface area contributed by atoms with Crippen LogP contribution in [0.2, 0.25) is 0 Å². The summed E-state index contributed by atoms with van der Waals surface area (Å²) in [6.07, 6.45) is 0.200. The molecule has 1 aliphatic heterocycles. The molecule has 1 fully saturated rings. The highest BCUT2D eigenvalue weighted by Crippen LogP contribution is 2.38. The average Bonchev–Trinajstić information content (AvgIpc) is 2.84. The van der Waals surface area contributed by atoms with Gasteiger partial charge in [-0.05, 0) is 19.4 Å². The van der Waals surface area contributed by atoms with Crippen molar-refractivity contribution in [2.24, 2.45) is 0 Å². The van der Waals surface area contributed by atoms with Crippen LogP contribution in [0.1, 0.15) is 25.6 Å². The smallest absolute Gasteiger partial charge is 0.180 e. The molecule has 0 aliphatic carbocycles. The minimum absolute atomic E-state index is 0.200. The number of rotatable bonds is 2. The summed E-state index contributed by atoms with van der Waals surface area (Å²) in [4.78, 5) is 5.40. The van der Waals surface area contributed by atoms with Crippen molar-refractivity contribution in [1.29, 1.82) is 0 Å².